The Morgan fingerprint density at radius 2 is 1.78 bits per heavy atom. The van der Waals surface area contributed by atoms with Gasteiger partial charge in [-0.3, -0.25) is 0 Å². The Balaban J connectivity index is 2.84. The number of hydrogen-bond donors (Lipinski definition) is 1. The van der Waals surface area contributed by atoms with Crippen molar-refractivity contribution in [2.75, 3.05) is 0 Å². The van der Waals surface area contributed by atoms with Gasteiger partial charge >= 0.3 is 5.97 Å². The number of rotatable bonds is 7. The highest BCUT2D eigenvalue weighted by molar-refractivity contribution is 6.74. The van der Waals surface area contributed by atoms with Gasteiger partial charge in [0.15, 0.2) is 0 Å². The number of unbranched alkanes of at least 4 members (excludes halogenated alkanes) is 3. The minimum absolute atomic E-state index is 0.0880. The zero-order chi connectivity index (χ0) is 20.5. The third-order valence-electron chi connectivity index (χ3n) is 4.70. The lowest BCUT2D eigenvalue weighted by Gasteiger charge is -2.36. The summed E-state index contributed by atoms with van der Waals surface area (Å²) in [7, 11) is -1.89. The first-order chi connectivity index (χ1) is 12.6. The van der Waals surface area contributed by atoms with Gasteiger partial charge in [0.2, 0.25) is 8.32 Å². The summed E-state index contributed by atoms with van der Waals surface area (Å²) in [6.45, 7) is 11.0. The predicted octanol–water partition coefficient (Wildman–Crippen LogP) is 5.74. The summed E-state index contributed by atoms with van der Waals surface area (Å²) in [5.74, 6) is 8.05. The van der Waals surface area contributed by atoms with Gasteiger partial charge in [-0.15, -0.1) is 12.3 Å². The minimum Gasteiger partial charge on any atom is -0.544 e. The van der Waals surface area contributed by atoms with Crippen LogP contribution in [0.2, 0.25) is 18.1 Å². The summed E-state index contributed by atoms with van der Waals surface area (Å²) < 4.78 is 6.25. The smallest absolute Gasteiger partial charge is 0.344 e. The van der Waals surface area contributed by atoms with Crippen molar-refractivity contribution < 1.29 is 14.3 Å². The van der Waals surface area contributed by atoms with Gasteiger partial charge in [-0.25, -0.2) is 4.79 Å². The van der Waals surface area contributed by atoms with Gasteiger partial charge in [-0.1, -0.05) is 44.7 Å². The van der Waals surface area contributed by atoms with E-state index in [4.69, 9.17) is 10.8 Å². The molecule has 0 saturated carbocycles. The number of hydrogen-bond acceptors (Lipinski definition) is 2. The number of terminal acetylenes is 1. The lowest BCUT2D eigenvalue weighted by molar-refractivity contribution is -0.132. The van der Waals surface area contributed by atoms with E-state index in [1.165, 1.54) is 0 Å². The van der Waals surface area contributed by atoms with E-state index in [1.54, 1.807) is 6.08 Å². The molecule has 0 aliphatic heterocycles. The second-order valence-corrected chi connectivity index (χ2v) is 12.7. The molecule has 144 valence electrons. The van der Waals surface area contributed by atoms with E-state index < -0.39 is 14.3 Å². The van der Waals surface area contributed by atoms with Gasteiger partial charge in [0, 0.05) is 12.8 Å². The fourth-order valence-corrected chi connectivity index (χ4v) is 3.03. The fourth-order valence-electron chi connectivity index (χ4n) is 2.00. The van der Waals surface area contributed by atoms with Crippen LogP contribution in [0.25, 0.3) is 6.08 Å². The highest BCUT2D eigenvalue weighted by Crippen LogP contribution is 2.37. The molecule has 0 amide bonds. The molecule has 1 N–H and O–H groups in total. The van der Waals surface area contributed by atoms with Crippen LogP contribution in [0.1, 0.15) is 52.0 Å². The van der Waals surface area contributed by atoms with Crippen molar-refractivity contribution in [1.82, 2.24) is 0 Å². The van der Waals surface area contributed by atoms with Gasteiger partial charge in [-0.05, 0) is 54.7 Å². The first-order valence-corrected chi connectivity index (χ1v) is 12.1. The molecule has 0 fully saturated rings. The second-order valence-electron chi connectivity index (χ2n) is 8.01. The van der Waals surface area contributed by atoms with Gasteiger partial charge in [0.1, 0.15) is 11.3 Å². The molecule has 0 bridgehead atoms. The van der Waals surface area contributed by atoms with Crippen molar-refractivity contribution in [3.63, 3.8) is 0 Å². The van der Waals surface area contributed by atoms with Crippen LogP contribution < -0.4 is 4.43 Å². The zero-order valence-corrected chi connectivity index (χ0v) is 18.1. The largest absolute Gasteiger partial charge is 0.544 e. The maximum absolute atomic E-state index is 11.4. The third kappa shape index (κ3) is 7.77. The first kappa shape index (κ1) is 22.6. The van der Waals surface area contributed by atoms with Crippen molar-refractivity contribution in [1.29, 1.82) is 0 Å². The maximum Gasteiger partial charge on any atom is 0.344 e. The molecule has 0 radical (unpaired) electrons. The molecule has 0 aliphatic carbocycles. The molecular formula is C23H30O3Si. The molecule has 0 unspecified atom stereocenters. The fraction of sp³-hybridized carbons (Fsp3) is 0.435. The van der Waals surface area contributed by atoms with E-state index in [9.17, 15) is 9.90 Å². The van der Waals surface area contributed by atoms with E-state index >= 15 is 0 Å². The molecular weight excluding hydrogens is 352 g/mol. The van der Waals surface area contributed by atoms with Crippen LogP contribution in [-0.2, 0) is 4.79 Å². The van der Waals surface area contributed by atoms with Crippen LogP contribution in [0.3, 0.4) is 0 Å². The Morgan fingerprint density at radius 1 is 1.19 bits per heavy atom. The lowest BCUT2D eigenvalue weighted by atomic mass is 10.1. The summed E-state index contributed by atoms with van der Waals surface area (Å²) in [5.41, 5.74) is 0.877. The molecule has 1 rings (SSSR count). The van der Waals surface area contributed by atoms with Crippen molar-refractivity contribution >= 4 is 20.4 Å². The van der Waals surface area contributed by atoms with Crippen molar-refractivity contribution in [3.05, 3.63) is 35.4 Å². The van der Waals surface area contributed by atoms with Gasteiger partial charge < -0.3 is 9.53 Å². The lowest BCUT2D eigenvalue weighted by Crippen LogP contribution is -2.43. The predicted molar refractivity (Wildman–Crippen MR) is 115 cm³/mol. The molecule has 3 nitrogen and oxygen atoms in total. The van der Waals surface area contributed by atoms with E-state index in [0.717, 1.165) is 30.6 Å². The summed E-state index contributed by atoms with van der Waals surface area (Å²) in [6.07, 6.45) is 9.95. The average Bonchev–Trinajstić information content (AvgIpc) is 2.57. The highest BCUT2D eigenvalue weighted by Gasteiger charge is 2.38. The van der Waals surface area contributed by atoms with E-state index in [0.29, 0.717) is 6.42 Å². The molecule has 0 spiro atoms. The van der Waals surface area contributed by atoms with E-state index in [1.807, 2.05) is 24.3 Å². The summed E-state index contributed by atoms with van der Waals surface area (Å²) >= 11 is 0. The van der Waals surface area contributed by atoms with Crippen LogP contribution in [0.5, 0.6) is 5.75 Å². The number of aliphatic carboxylic acids is 1. The molecule has 27 heavy (non-hydrogen) atoms. The first-order valence-electron chi connectivity index (χ1n) is 9.23. The van der Waals surface area contributed by atoms with Crippen LogP contribution in [-0.4, -0.2) is 19.4 Å². The topological polar surface area (TPSA) is 46.5 Å². The third-order valence-corrected chi connectivity index (χ3v) is 9.06. The monoisotopic (exact) mass is 382 g/mol. The molecule has 0 atom stereocenters. The number of carbonyl (C=O) groups is 1. The van der Waals surface area contributed by atoms with E-state index in [-0.39, 0.29) is 10.6 Å². The normalized spacial score (nSPS) is 11.9. The molecule has 0 aliphatic rings. The molecule has 0 saturated heterocycles. The number of carboxylic acids is 1. The maximum atomic E-state index is 11.4. The Morgan fingerprint density at radius 3 is 2.30 bits per heavy atom. The number of benzene rings is 1. The average molecular weight is 383 g/mol. The molecule has 1 aromatic rings. The SMILES string of the molecule is C#CCCCCC#C/C(=C/c1ccc(O[Si](C)(C)C(C)(C)C)cc1)C(=O)O. The summed E-state index contributed by atoms with van der Waals surface area (Å²) in [5, 5.41) is 9.48. The van der Waals surface area contributed by atoms with Gasteiger partial charge in [-0.2, -0.15) is 0 Å². The van der Waals surface area contributed by atoms with Crippen LogP contribution >= 0.6 is 0 Å². The van der Waals surface area contributed by atoms with Crippen LogP contribution in [0.15, 0.2) is 29.8 Å². The van der Waals surface area contributed by atoms with E-state index in [2.05, 4.69) is 51.6 Å². The van der Waals surface area contributed by atoms with Crippen molar-refractivity contribution in [2.24, 2.45) is 0 Å². The van der Waals surface area contributed by atoms with Crippen LogP contribution in [0.4, 0.5) is 0 Å². The Bertz CT molecular complexity index is 763. The quantitative estimate of drug-likeness (QED) is 0.283. The summed E-state index contributed by atoms with van der Waals surface area (Å²) in [6, 6.07) is 7.50. The molecule has 0 heterocycles. The highest BCUT2D eigenvalue weighted by atomic mass is 28.4. The standard InChI is InChI=1S/C23H30O3Si/c1-7-8-9-10-11-12-13-20(22(24)25)18-19-14-16-21(17-15-19)26-27(5,6)23(2,3)4/h1,14-18H,8-11H2,2-6H3,(H,24,25)/b20-18-. The van der Waals surface area contributed by atoms with Gasteiger partial charge in [0.25, 0.3) is 0 Å². The Labute approximate surface area is 165 Å². The summed E-state index contributed by atoms with van der Waals surface area (Å²) in [4.78, 5) is 11.4. The second kappa shape index (κ2) is 10.0. The zero-order valence-electron chi connectivity index (χ0n) is 17.1. The Kier molecular flexibility index (Phi) is 8.41. The molecule has 4 heteroatoms. The minimum atomic E-state index is -1.89. The number of carboxylic acid groups (broad SMARTS) is 1. The molecule has 0 aromatic heterocycles. The molecule has 1 aromatic carbocycles. The van der Waals surface area contributed by atoms with Gasteiger partial charge in [0.05, 0.1) is 0 Å². The van der Waals surface area contributed by atoms with Crippen LogP contribution in [0, 0.1) is 24.2 Å². The van der Waals surface area contributed by atoms with Crippen molar-refractivity contribution in [3.8, 4) is 29.9 Å². The van der Waals surface area contributed by atoms with Crippen molar-refractivity contribution in [2.45, 2.75) is 64.6 Å². The Hall–Kier alpha value is -2.43.